The topological polar surface area (TPSA) is 33.5 Å². The standard InChI is InChI=1S/C53H47N4OSi.Pt/c1-52(2,3)38-29-30-54-49(31-38)57-46-24-15-14-21-43(46)44-27-25-39(32-47(44)57)58-40-26-28-45-48(33-40)56-35-55(34-50(56)59(6,7)53(45,4)5)51-41(36-17-10-8-11-18-36)22-16-23-42(51)37-19-12-9-13-20-37;/h8-31,34-35H,1-7H3;/q-3;. The number of hydrogen-bond donors (Lipinski definition) is 0. The van der Waals surface area contributed by atoms with E-state index in [0.717, 1.165) is 39.0 Å². The number of ether oxygens (including phenoxy) is 1. The van der Waals surface area contributed by atoms with Crippen molar-refractivity contribution < 1.29 is 25.8 Å². The van der Waals surface area contributed by atoms with Crippen LogP contribution in [0.4, 0.5) is 11.4 Å². The molecule has 0 bridgehead atoms. The van der Waals surface area contributed by atoms with E-state index in [-0.39, 0.29) is 31.5 Å². The molecule has 0 fully saturated rings. The summed E-state index contributed by atoms with van der Waals surface area (Å²) in [4.78, 5) is 9.60. The molecule has 5 nitrogen and oxygen atoms in total. The van der Waals surface area contributed by atoms with E-state index in [4.69, 9.17) is 9.72 Å². The first-order valence-corrected chi connectivity index (χ1v) is 23.5. The molecule has 8 aromatic rings. The summed E-state index contributed by atoms with van der Waals surface area (Å²) in [5, 5.41) is 3.52. The van der Waals surface area contributed by atoms with Gasteiger partial charge in [-0.2, -0.15) is 12.1 Å². The van der Waals surface area contributed by atoms with Gasteiger partial charge < -0.3 is 19.1 Å². The van der Waals surface area contributed by atoms with Crippen LogP contribution in [0.2, 0.25) is 13.1 Å². The minimum Gasteiger partial charge on any atom is -0.509 e. The van der Waals surface area contributed by atoms with Crippen LogP contribution in [0, 0.1) is 18.8 Å². The minimum atomic E-state index is -2.12. The van der Waals surface area contributed by atoms with E-state index in [1.807, 2.05) is 12.3 Å². The van der Waals surface area contributed by atoms with Crippen molar-refractivity contribution in [3.05, 3.63) is 187 Å². The molecule has 0 spiro atoms. The normalized spacial score (nSPS) is 15.3. The van der Waals surface area contributed by atoms with E-state index in [1.54, 1.807) is 0 Å². The maximum absolute atomic E-state index is 6.74. The quantitative estimate of drug-likeness (QED) is 0.123. The molecule has 0 saturated carbocycles. The Morgan fingerprint density at radius 1 is 0.700 bits per heavy atom. The zero-order valence-corrected chi connectivity index (χ0v) is 38.3. The largest absolute Gasteiger partial charge is 0.509 e. The van der Waals surface area contributed by atoms with Gasteiger partial charge >= 0.3 is 0 Å². The van der Waals surface area contributed by atoms with Crippen molar-refractivity contribution in [2.45, 2.75) is 58.2 Å². The summed E-state index contributed by atoms with van der Waals surface area (Å²) in [6.45, 7) is 18.8. The summed E-state index contributed by atoms with van der Waals surface area (Å²) >= 11 is 0. The number of anilines is 2. The van der Waals surface area contributed by atoms with Gasteiger partial charge in [0.15, 0.2) is 0 Å². The summed E-state index contributed by atoms with van der Waals surface area (Å²) in [5.74, 6) is 2.14. The molecule has 0 atom stereocenters. The zero-order valence-electron chi connectivity index (χ0n) is 35.0. The second kappa shape index (κ2) is 14.8. The number of aromatic nitrogens is 2. The van der Waals surface area contributed by atoms with E-state index in [2.05, 4.69) is 221 Å². The van der Waals surface area contributed by atoms with Gasteiger partial charge in [-0.05, 0) is 57.2 Å². The Morgan fingerprint density at radius 3 is 2.02 bits per heavy atom. The third-order valence-electron chi connectivity index (χ3n) is 12.9. The first-order valence-electron chi connectivity index (χ1n) is 20.5. The van der Waals surface area contributed by atoms with Gasteiger partial charge in [-0.3, -0.25) is 0 Å². The van der Waals surface area contributed by atoms with Gasteiger partial charge in [0.05, 0.1) is 8.07 Å². The Morgan fingerprint density at radius 2 is 1.33 bits per heavy atom. The number of pyridine rings is 1. The molecule has 2 aliphatic rings. The smallest absolute Gasteiger partial charge is 0.135 e. The fraction of sp³-hybridized carbons (Fsp3) is 0.170. The number of hydrogen-bond acceptors (Lipinski definition) is 4. The molecule has 10 rings (SSSR count). The van der Waals surface area contributed by atoms with Crippen LogP contribution in [-0.4, -0.2) is 17.6 Å². The van der Waals surface area contributed by atoms with Crippen molar-refractivity contribution in [3.63, 3.8) is 0 Å². The third-order valence-corrected chi connectivity index (χ3v) is 17.9. The summed E-state index contributed by atoms with van der Waals surface area (Å²) in [6.07, 6.45) is 4.29. The minimum absolute atomic E-state index is 0. The summed E-state index contributed by atoms with van der Waals surface area (Å²) in [5.41, 5.74) is 11.4. The summed E-state index contributed by atoms with van der Waals surface area (Å²) in [7, 11) is -2.12. The molecule has 2 aliphatic heterocycles. The van der Waals surface area contributed by atoms with Crippen molar-refractivity contribution in [2.24, 2.45) is 0 Å². The molecule has 0 N–H and O–H groups in total. The van der Waals surface area contributed by atoms with E-state index >= 15 is 0 Å². The van der Waals surface area contributed by atoms with Crippen molar-refractivity contribution in [1.82, 2.24) is 9.55 Å². The average Bonchev–Trinajstić information content (AvgIpc) is 3.84. The van der Waals surface area contributed by atoms with E-state index in [9.17, 15) is 0 Å². The van der Waals surface area contributed by atoms with Gasteiger partial charge in [-0.1, -0.05) is 161 Å². The molecule has 302 valence electrons. The Hall–Kier alpha value is -5.68. The number of nitrogens with zero attached hydrogens (tertiary/aromatic N) is 4. The van der Waals surface area contributed by atoms with Crippen LogP contribution in [0.25, 0.3) is 49.9 Å². The fourth-order valence-corrected chi connectivity index (χ4v) is 11.6. The number of fused-ring (bicyclic) bond motifs is 6. The van der Waals surface area contributed by atoms with Crippen LogP contribution < -0.4 is 14.5 Å². The van der Waals surface area contributed by atoms with Crippen LogP contribution >= 0.6 is 0 Å². The second-order valence-corrected chi connectivity index (χ2v) is 22.9. The fourth-order valence-electron chi connectivity index (χ4n) is 8.87. The average molecular weight is 979 g/mol. The Labute approximate surface area is 369 Å². The van der Waals surface area contributed by atoms with Crippen LogP contribution in [0.15, 0.2) is 157 Å². The maximum Gasteiger partial charge on any atom is 0.135 e. The predicted octanol–water partition coefficient (Wildman–Crippen LogP) is 13.6. The molecule has 4 heterocycles. The molecular formula is C53H47N4OPtSi-3. The SMILES string of the molecule is CC(C)(C)c1ccnc(-n2c3[c-]c(Oc4[c-]c5c(cc4)C(C)(C)[Si](C)(C)C4=CN(c6c(-c7ccccc7)cccc6-c6ccccc6)[CH-]N45)ccc3c3ccccc32)c1.[Pt]. The maximum atomic E-state index is 6.74. The molecule has 0 saturated heterocycles. The van der Waals surface area contributed by atoms with Gasteiger partial charge in [-0.25, -0.2) is 4.98 Å². The van der Waals surface area contributed by atoms with Crippen molar-refractivity contribution >= 4 is 41.3 Å². The molecule has 0 aliphatic carbocycles. The van der Waals surface area contributed by atoms with Crippen LogP contribution in [0.1, 0.15) is 45.7 Å². The van der Waals surface area contributed by atoms with Gasteiger partial charge in [0.2, 0.25) is 0 Å². The van der Waals surface area contributed by atoms with Gasteiger partial charge in [-0.15, -0.1) is 41.9 Å². The van der Waals surface area contributed by atoms with Crippen molar-refractivity contribution in [3.8, 4) is 39.6 Å². The van der Waals surface area contributed by atoms with Crippen LogP contribution in [-0.2, 0) is 31.5 Å². The molecule has 0 radical (unpaired) electrons. The molecule has 7 heteroatoms. The second-order valence-electron chi connectivity index (χ2n) is 17.9. The molecule has 6 aromatic carbocycles. The van der Waals surface area contributed by atoms with E-state index in [1.165, 1.54) is 38.7 Å². The zero-order chi connectivity index (χ0) is 40.7. The molecule has 60 heavy (non-hydrogen) atoms. The first-order chi connectivity index (χ1) is 28.4. The Kier molecular flexibility index (Phi) is 9.80. The van der Waals surface area contributed by atoms with Crippen molar-refractivity contribution in [1.29, 1.82) is 0 Å². The predicted molar refractivity (Wildman–Crippen MR) is 247 cm³/mol. The van der Waals surface area contributed by atoms with Crippen LogP contribution in [0.5, 0.6) is 11.5 Å². The molecule has 0 amide bonds. The monoisotopic (exact) mass is 978 g/mol. The van der Waals surface area contributed by atoms with Gasteiger partial charge in [0, 0.05) is 61.1 Å². The van der Waals surface area contributed by atoms with Crippen molar-refractivity contribution in [2.75, 3.05) is 9.80 Å². The summed E-state index contributed by atoms with van der Waals surface area (Å²) in [6, 6.07) is 56.8. The first kappa shape index (κ1) is 39.8. The van der Waals surface area contributed by atoms with Gasteiger partial charge in [0.25, 0.3) is 0 Å². The third kappa shape index (κ3) is 6.43. The van der Waals surface area contributed by atoms with Crippen LogP contribution in [0.3, 0.4) is 0 Å². The van der Waals surface area contributed by atoms with Gasteiger partial charge in [0.1, 0.15) is 5.82 Å². The van der Waals surface area contributed by atoms with E-state index < -0.39 is 8.07 Å². The number of benzene rings is 6. The molecule has 0 unspecified atom stereocenters. The summed E-state index contributed by atoms with van der Waals surface area (Å²) < 4.78 is 8.95. The molecule has 2 aromatic heterocycles. The Balaban J connectivity index is 0.00000462. The molecular weight excluding hydrogens is 932 g/mol. The number of para-hydroxylation sites is 2. The Bertz CT molecular complexity index is 2890. The number of rotatable bonds is 6. The van der Waals surface area contributed by atoms with E-state index in [0.29, 0.717) is 11.5 Å².